The molecule has 1 aromatic heterocycles. The third kappa shape index (κ3) is 5.84. The fourth-order valence-electron chi connectivity index (χ4n) is 6.01. The van der Waals surface area contributed by atoms with Crippen LogP contribution < -0.4 is 4.74 Å². The summed E-state index contributed by atoms with van der Waals surface area (Å²) in [4.78, 5) is 0. The summed E-state index contributed by atoms with van der Waals surface area (Å²) in [6.45, 7) is 0. The Hall–Kier alpha value is -4.66. The van der Waals surface area contributed by atoms with Gasteiger partial charge in [0, 0.05) is 28.3 Å². The van der Waals surface area contributed by atoms with E-state index in [1.165, 1.54) is 16.7 Å². The number of para-hydroxylation sites is 2. The quantitative estimate of drug-likeness (QED) is 0.186. The van der Waals surface area contributed by atoms with E-state index in [4.69, 9.17) is 20.8 Å². The smallest absolute Gasteiger partial charge is 0.361 e. The van der Waals surface area contributed by atoms with Crippen molar-refractivity contribution in [3.8, 4) is 17.1 Å². The van der Waals surface area contributed by atoms with Crippen LogP contribution in [0.25, 0.3) is 33.6 Å². The maximum Gasteiger partial charge on any atom is 0.361 e. The Morgan fingerprint density at radius 2 is 1.44 bits per heavy atom. The second-order valence-electron chi connectivity index (χ2n) is 11.1. The van der Waals surface area contributed by atoms with Crippen molar-refractivity contribution in [2.24, 2.45) is 0 Å². The molecule has 43 heavy (non-hydrogen) atoms. The number of aryl methyl sites for hydroxylation is 1. The Morgan fingerprint density at radius 1 is 0.721 bits per heavy atom. The van der Waals surface area contributed by atoms with Gasteiger partial charge in [0.1, 0.15) is 11.5 Å². The van der Waals surface area contributed by atoms with Gasteiger partial charge in [-0.25, -0.2) is 4.42 Å². The molecule has 0 spiro atoms. The third-order valence-electron chi connectivity index (χ3n) is 8.26. The van der Waals surface area contributed by atoms with E-state index in [-0.39, 0.29) is 0 Å². The van der Waals surface area contributed by atoms with Gasteiger partial charge in [-0.05, 0) is 79.2 Å². The number of ether oxygens (including phenoxy) is 1. The minimum atomic E-state index is 0.853. The number of allylic oxidation sites excluding steroid dienone is 7. The topological polar surface area (TPSA) is 20.5 Å². The summed E-state index contributed by atoms with van der Waals surface area (Å²) in [7, 11) is 0. The molecule has 0 radical (unpaired) electrons. The molecular formula is C40H32ClO2+. The molecule has 3 heteroatoms. The van der Waals surface area contributed by atoms with Crippen molar-refractivity contribution < 1.29 is 9.15 Å². The minimum absolute atomic E-state index is 0.853. The highest BCUT2D eigenvalue weighted by atomic mass is 35.5. The molecule has 0 N–H and O–H groups in total. The number of halogens is 1. The van der Waals surface area contributed by atoms with Crippen LogP contribution in [0.4, 0.5) is 0 Å². The van der Waals surface area contributed by atoms with E-state index in [0.717, 1.165) is 87.6 Å². The Labute approximate surface area is 257 Å². The Bertz CT molecular complexity index is 1910. The summed E-state index contributed by atoms with van der Waals surface area (Å²) in [6, 6.07) is 39.3. The Kier molecular flexibility index (Phi) is 7.77. The zero-order valence-electron chi connectivity index (χ0n) is 23.9. The summed E-state index contributed by atoms with van der Waals surface area (Å²) in [5.41, 5.74) is 9.08. The number of rotatable bonds is 6. The van der Waals surface area contributed by atoms with Crippen LogP contribution in [0.2, 0.25) is 0 Å². The fourth-order valence-corrected chi connectivity index (χ4v) is 6.35. The molecule has 0 saturated heterocycles. The van der Waals surface area contributed by atoms with E-state index in [9.17, 15) is 0 Å². The standard InChI is InChI=1S/C40H32ClO2/c41-40-30(22-24-32-26-38(28-12-3-1-4-13-28)42-36-20-9-7-18-34(32)36)16-11-17-31(40)23-25-33-27-39(29-14-5-2-6-15-29)43-37-21-10-8-19-35(33)37/h1-10,12-15,18-22,24,26-27H,11,16-17,23,25H2/q+1. The zero-order chi connectivity index (χ0) is 29.0. The Balaban J connectivity index is 1.19. The molecule has 0 unspecified atom stereocenters. The van der Waals surface area contributed by atoms with Crippen molar-refractivity contribution in [2.75, 3.05) is 0 Å². The first-order chi connectivity index (χ1) is 21.2. The maximum absolute atomic E-state index is 7.13. The van der Waals surface area contributed by atoms with Crippen LogP contribution >= 0.6 is 11.6 Å². The second-order valence-corrected chi connectivity index (χ2v) is 11.4. The van der Waals surface area contributed by atoms with Gasteiger partial charge < -0.3 is 4.74 Å². The van der Waals surface area contributed by atoms with E-state index in [1.54, 1.807) is 0 Å². The molecular weight excluding hydrogens is 548 g/mol. The lowest BCUT2D eigenvalue weighted by Gasteiger charge is -2.21. The van der Waals surface area contributed by atoms with Crippen molar-refractivity contribution in [1.29, 1.82) is 0 Å². The fraction of sp³-hybridized carbons (Fsp3) is 0.125. The van der Waals surface area contributed by atoms with Crippen molar-refractivity contribution >= 4 is 33.9 Å². The largest absolute Gasteiger partial charge is 0.456 e. The summed E-state index contributed by atoms with van der Waals surface area (Å²) in [5.74, 6) is 2.62. The molecule has 1 aliphatic carbocycles. The van der Waals surface area contributed by atoms with Gasteiger partial charge in [-0.1, -0.05) is 108 Å². The predicted octanol–water partition coefficient (Wildman–Crippen LogP) is 11.4. The molecule has 2 aliphatic rings. The summed E-state index contributed by atoms with van der Waals surface area (Å²) < 4.78 is 12.6. The van der Waals surface area contributed by atoms with Gasteiger partial charge in [0.2, 0.25) is 0 Å². The van der Waals surface area contributed by atoms with Crippen LogP contribution in [0.3, 0.4) is 0 Å². The van der Waals surface area contributed by atoms with Crippen molar-refractivity contribution in [3.63, 3.8) is 0 Å². The average Bonchev–Trinajstić information content (AvgIpc) is 3.07. The van der Waals surface area contributed by atoms with Gasteiger partial charge in [-0.2, -0.15) is 0 Å². The molecule has 5 aromatic rings. The SMILES string of the molecule is ClC1=C(CCc2cc(-c3ccccc3)[o+]c3ccccc23)CCCC1=CC=C1C=C(c2ccccc2)Oc2ccccc21. The lowest BCUT2D eigenvalue weighted by molar-refractivity contribution is 0.509. The highest BCUT2D eigenvalue weighted by molar-refractivity contribution is 6.32. The highest BCUT2D eigenvalue weighted by Crippen LogP contribution is 2.39. The van der Waals surface area contributed by atoms with Gasteiger partial charge >= 0.3 is 11.3 Å². The van der Waals surface area contributed by atoms with Crippen LogP contribution in [-0.4, -0.2) is 0 Å². The summed E-state index contributed by atoms with van der Waals surface area (Å²) >= 11 is 7.13. The van der Waals surface area contributed by atoms with E-state index in [0.29, 0.717) is 0 Å². The highest BCUT2D eigenvalue weighted by Gasteiger charge is 2.21. The number of benzene rings is 4. The lowest BCUT2D eigenvalue weighted by Crippen LogP contribution is -2.04. The van der Waals surface area contributed by atoms with E-state index in [1.807, 2.05) is 54.6 Å². The van der Waals surface area contributed by atoms with Crippen molar-refractivity contribution in [2.45, 2.75) is 32.1 Å². The first kappa shape index (κ1) is 27.2. The molecule has 0 bridgehead atoms. The molecule has 0 fully saturated rings. The van der Waals surface area contributed by atoms with Crippen LogP contribution in [-0.2, 0) is 6.42 Å². The lowest BCUT2D eigenvalue weighted by atomic mass is 9.89. The van der Waals surface area contributed by atoms with E-state index >= 15 is 0 Å². The van der Waals surface area contributed by atoms with Crippen LogP contribution in [0.1, 0.15) is 42.4 Å². The first-order valence-corrected chi connectivity index (χ1v) is 15.3. The predicted molar refractivity (Wildman–Crippen MR) is 179 cm³/mol. The average molecular weight is 580 g/mol. The number of hydrogen-bond donors (Lipinski definition) is 0. The normalized spacial score (nSPS) is 16.7. The molecule has 4 aromatic carbocycles. The second kappa shape index (κ2) is 12.3. The molecule has 0 amide bonds. The van der Waals surface area contributed by atoms with Crippen LogP contribution in [0.5, 0.6) is 5.75 Å². The molecule has 0 atom stereocenters. The van der Waals surface area contributed by atoms with Gasteiger partial charge in [0.15, 0.2) is 0 Å². The van der Waals surface area contributed by atoms with Gasteiger partial charge in [0.05, 0.1) is 10.9 Å². The molecule has 210 valence electrons. The maximum atomic E-state index is 7.13. The monoisotopic (exact) mass is 579 g/mol. The number of hydrogen-bond acceptors (Lipinski definition) is 1. The number of fused-ring (bicyclic) bond motifs is 2. The van der Waals surface area contributed by atoms with Gasteiger partial charge in [-0.3, -0.25) is 0 Å². The first-order valence-electron chi connectivity index (χ1n) is 15.0. The van der Waals surface area contributed by atoms with Crippen molar-refractivity contribution in [1.82, 2.24) is 0 Å². The third-order valence-corrected chi connectivity index (χ3v) is 8.77. The van der Waals surface area contributed by atoms with Crippen molar-refractivity contribution in [3.05, 3.63) is 166 Å². The van der Waals surface area contributed by atoms with Crippen LogP contribution in [0.15, 0.2) is 154 Å². The van der Waals surface area contributed by atoms with E-state index in [2.05, 4.69) is 78.9 Å². The summed E-state index contributed by atoms with van der Waals surface area (Å²) in [5, 5.41) is 2.08. The summed E-state index contributed by atoms with van der Waals surface area (Å²) in [6.07, 6.45) is 11.5. The molecule has 2 nitrogen and oxygen atoms in total. The van der Waals surface area contributed by atoms with Crippen LogP contribution in [0, 0.1) is 0 Å². The molecule has 7 rings (SSSR count). The van der Waals surface area contributed by atoms with Gasteiger partial charge in [-0.15, -0.1) is 0 Å². The Morgan fingerprint density at radius 3 is 2.28 bits per heavy atom. The van der Waals surface area contributed by atoms with E-state index < -0.39 is 0 Å². The molecule has 2 heterocycles. The molecule has 1 aliphatic heterocycles. The zero-order valence-corrected chi connectivity index (χ0v) is 24.7. The van der Waals surface area contributed by atoms with Gasteiger partial charge in [0.25, 0.3) is 0 Å². The minimum Gasteiger partial charge on any atom is -0.456 e. The molecule has 0 saturated carbocycles.